The number of thioether (sulfide) groups is 1. The summed E-state index contributed by atoms with van der Waals surface area (Å²) in [6.07, 6.45) is 1.47. The lowest BCUT2D eigenvalue weighted by Crippen LogP contribution is -2.53. The second-order valence-corrected chi connectivity index (χ2v) is 9.34. The van der Waals surface area contributed by atoms with Gasteiger partial charge < -0.3 is 15.0 Å². The summed E-state index contributed by atoms with van der Waals surface area (Å²) in [5.74, 6) is 1.35. The van der Waals surface area contributed by atoms with Crippen LogP contribution in [0.15, 0.2) is 53.0 Å². The average Bonchev–Trinajstić information content (AvgIpc) is 3.04. The third-order valence-electron chi connectivity index (χ3n) is 5.36. The highest BCUT2D eigenvalue weighted by Gasteiger charge is 2.49. The zero-order valence-electron chi connectivity index (χ0n) is 16.1. The van der Waals surface area contributed by atoms with E-state index in [2.05, 4.69) is 21.2 Å². The van der Waals surface area contributed by atoms with Crippen molar-refractivity contribution in [3.05, 3.63) is 53.0 Å². The number of anilines is 2. The number of urea groups is 1. The number of likely N-dealkylation sites (tertiary alicyclic amines) is 1. The molecule has 8 heteroatoms. The van der Waals surface area contributed by atoms with Gasteiger partial charge in [0, 0.05) is 28.9 Å². The van der Waals surface area contributed by atoms with Crippen molar-refractivity contribution in [1.29, 1.82) is 0 Å². The quantitative estimate of drug-likeness (QED) is 0.706. The molecule has 3 amide bonds. The Bertz CT molecular complexity index is 914. The van der Waals surface area contributed by atoms with E-state index >= 15 is 0 Å². The van der Waals surface area contributed by atoms with Gasteiger partial charge in [0.2, 0.25) is 5.91 Å². The lowest BCUT2D eigenvalue weighted by molar-refractivity contribution is -0.116. The fourth-order valence-corrected chi connectivity index (χ4v) is 5.59. The Balaban J connectivity index is 1.45. The van der Waals surface area contributed by atoms with E-state index in [1.165, 1.54) is 0 Å². The number of halogens is 1. The minimum Gasteiger partial charge on any atom is -0.497 e. The van der Waals surface area contributed by atoms with Crippen LogP contribution in [0.4, 0.5) is 16.2 Å². The number of hydrogen-bond acceptors (Lipinski definition) is 4. The molecule has 0 aliphatic carbocycles. The Labute approximate surface area is 182 Å². The highest BCUT2D eigenvalue weighted by Crippen LogP contribution is 2.47. The largest absolute Gasteiger partial charge is 0.497 e. The number of nitrogens with zero attached hydrogens (tertiary/aromatic N) is 2. The SMILES string of the molecule is COc1ccc(N2C(=O)CSC23CCN(C(=O)Nc2cccc(Br)c2)CC3)cc1. The summed E-state index contributed by atoms with van der Waals surface area (Å²) in [7, 11) is 1.63. The van der Waals surface area contributed by atoms with Gasteiger partial charge in [-0.3, -0.25) is 9.69 Å². The van der Waals surface area contributed by atoms with Crippen LogP contribution in [0.2, 0.25) is 0 Å². The van der Waals surface area contributed by atoms with Crippen LogP contribution >= 0.6 is 27.7 Å². The van der Waals surface area contributed by atoms with Crippen LogP contribution in [-0.4, -0.2) is 47.7 Å². The van der Waals surface area contributed by atoms with E-state index in [-0.39, 0.29) is 16.8 Å². The van der Waals surface area contributed by atoms with Gasteiger partial charge in [-0.1, -0.05) is 22.0 Å². The predicted octanol–water partition coefficient (Wildman–Crippen LogP) is 4.56. The fraction of sp³-hybridized carbons (Fsp3) is 0.333. The van der Waals surface area contributed by atoms with Crippen LogP contribution in [0, 0.1) is 0 Å². The van der Waals surface area contributed by atoms with E-state index in [1.54, 1.807) is 18.9 Å². The highest BCUT2D eigenvalue weighted by atomic mass is 79.9. The summed E-state index contributed by atoms with van der Waals surface area (Å²) in [5, 5.41) is 2.95. The molecule has 2 aliphatic heterocycles. The molecule has 0 bridgehead atoms. The van der Waals surface area contributed by atoms with Crippen molar-refractivity contribution in [2.45, 2.75) is 17.7 Å². The minimum atomic E-state index is -0.293. The van der Waals surface area contributed by atoms with Crippen molar-refractivity contribution in [3.63, 3.8) is 0 Å². The van der Waals surface area contributed by atoms with E-state index < -0.39 is 0 Å². The molecule has 2 heterocycles. The number of carbonyl (C=O) groups is 2. The monoisotopic (exact) mass is 475 g/mol. The lowest BCUT2D eigenvalue weighted by atomic mass is 10.0. The van der Waals surface area contributed by atoms with Crippen molar-refractivity contribution in [2.24, 2.45) is 0 Å². The van der Waals surface area contributed by atoms with Crippen molar-refractivity contribution >= 4 is 51.0 Å². The average molecular weight is 476 g/mol. The van der Waals surface area contributed by atoms with Crippen LogP contribution in [0.1, 0.15) is 12.8 Å². The van der Waals surface area contributed by atoms with Gasteiger partial charge in [0.15, 0.2) is 0 Å². The predicted molar refractivity (Wildman–Crippen MR) is 120 cm³/mol. The molecule has 0 atom stereocenters. The first-order chi connectivity index (χ1) is 14.0. The zero-order chi connectivity index (χ0) is 20.4. The van der Waals surface area contributed by atoms with E-state index in [1.807, 2.05) is 58.3 Å². The first-order valence-electron chi connectivity index (χ1n) is 9.43. The number of benzene rings is 2. The van der Waals surface area contributed by atoms with Gasteiger partial charge in [-0.15, -0.1) is 11.8 Å². The molecule has 29 heavy (non-hydrogen) atoms. The summed E-state index contributed by atoms with van der Waals surface area (Å²) in [4.78, 5) is 28.8. The normalized spacial score (nSPS) is 18.2. The summed E-state index contributed by atoms with van der Waals surface area (Å²) < 4.78 is 6.15. The van der Waals surface area contributed by atoms with E-state index in [0.29, 0.717) is 18.8 Å². The summed E-state index contributed by atoms with van der Waals surface area (Å²) >= 11 is 5.11. The number of methoxy groups -OCH3 is 1. The third-order valence-corrected chi connectivity index (χ3v) is 7.37. The van der Waals surface area contributed by atoms with Gasteiger partial charge in [-0.2, -0.15) is 0 Å². The van der Waals surface area contributed by atoms with Crippen LogP contribution in [-0.2, 0) is 4.79 Å². The maximum atomic E-state index is 12.7. The molecular weight excluding hydrogens is 454 g/mol. The summed E-state index contributed by atoms with van der Waals surface area (Å²) in [6, 6.07) is 15.0. The zero-order valence-corrected chi connectivity index (χ0v) is 18.5. The first-order valence-corrected chi connectivity index (χ1v) is 11.2. The Morgan fingerprint density at radius 2 is 1.90 bits per heavy atom. The molecule has 1 N–H and O–H groups in total. The van der Waals surface area contributed by atoms with E-state index in [0.717, 1.165) is 34.4 Å². The number of nitrogens with one attached hydrogen (secondary N) is 1. The maximum absolute atomic E-state index is 12.7. The molecule has 2 fully saturated rings. The van der Waals surface area contributed by atoms with Crippen LogP contribution in [0.3, 0.4) is 0 Å². The second-order valence-electron chi connectivity index (χ2n) is 7.09. The summed E-state index contributed by atoms with van der Waals surface area (Å²) in [6.45, 7) is 1.21. The molecule has 0 radical (unpaired) electrons. The molecule has 152 valence electrons. The highest BCUT2D eigenvalue weighted by molar-refractivity contribution is 9.10. The molecule has 4 rings (SSSR count). The fourth-order valence-electron chi connectivity index (χ4n) is 3.86. The van der Waals surface area contributed by atoms with Crippen molar-refractivity contribution in [2.75, 3.05) is 36.2 Å². The number of piperidine rings is 1. The summed E-state index contributed by atoms with van der Waals surface area (Å²) in [5.41, 5.74) is 1.64. The third kappa shape index (κ3) is 4.09. The molecule has 0 unspecified atom stereocenters. The van der Waals surface area contributed by atoms with Gasteiger partial charge in [0.05, 0.1) is 17.7 Å². The van der Waals surface area contributed by atoms with Gasteiger partial charge in [0.1, 0.15) is 5.75 Å². The first kappa shape index (κ1) is 20.1. The molecular formula is C21H22BrN3O3S. The van der Waals surface area contributed by atoms with Gasteiger partial charge in [-0.25, -0.2) is 4.79 Å². The van der Waals surface area contributed by atoms with Gasteiger partial charge >= 0.3 is 6.03 Å². The number of rotatable bonds is 3. The Hall–Kier alpha value is -2.19. The molecule has 1 spiro atoms. The van der Waals surface area contributed by atoms with Crippen LogP contribution in [0.25, 0.3) is 0 Å². The lowest BCUT2D eigenvalue weighted by Gasteiger charge is -2.43. The smallest absolute Gasteiger partial charge is 0.321 e. The van der Waals surface area contributed by atoms with Crippen LogP contribution in [0.5, 0.6) is 5.75 Å². The van der Waals surface area contributed by atoms with Crippen molar-refractivity contribution in [3.8, 4) is 5.75 Å². The number of amides is 3. The van der Waals surface area contributed by atoms with Crippen molar-refractivity contribution in [1.82, 2.24) is 4.90 Å². The number of hydrogen-bond donors (Lipinski definition) is 1. The molecule has 2 aromatic rings. The molecule has 2 aromatic carbocycles. The molecule has 2 aliphatic rings. The number of carbonyl (C=O) groups excluding carboxylic acids is 2. The Morgan fingerprint density at radius 1 is 1.17 bits per heavy atom. The number of ether oxygens (including phenoxy) is 1. The topological polar surface area (TPSA) is 61.9 Å². The molecule has 0 saturated carbocycles. The van der Waals surface area contributed by atoms with Gasteiger partial charge in [-0.05, 0) is 55.3 Å². The standard InChI is InChI=1S/C21H22BrN3O3S/c1-28-18-7-5-17(6-8-18)25-19(26)14-29-21(25)9-11-24(12-10-21)20(27)23-16-4-2-3-15(22)13-16/h2-8,13H,9-12,14H2,1H3,(H,23,27). The minimum absolute atomic E-state index is 0.108. The van der Waals surface area contributed by atoms with E-state index in [9.17, 15) is 9.59 Å². The van der Waals surface area contributed by atoms with Gasteiger partial charge in [0.25, 0.3) is 0 Å². The molecule has 6 nitrogen and oxygen atoms in total. The maximum Gasteiger partial charge on any atom is 0.321 e. The molecule has 0 aromatic heterocycles. The second kappa shape index (κ2) is 8.28. The van der Waals surface area contributed by atoms with Crippen molar-refractivity contribution < 1.29 is 14.3 Å². The molecule has 2 saturated heterocycles. The van der Waals surface area contributed by atoms with Crippen LogP contribution < -0.4 is 15.0 Å². The van der Waals surface area contributed by atoms with E-state index in [4.69, 9.17) is 4.74 Å². The Kier molecular flexibility index (Phi) is 5.74. The Morgan fingerprint density at radius 3 is 2.55 bits per heavy atom.